The van der Waals surface area contributed by atoms with Crippen molar-refractivity contribution in [2.24, 2.45) is 7.05 Å². The summed E-state index contributed by atoms with van der Waals surface area (Å²) in [6.07, 6.45) is 3.45. The molecule has 8 nitrogen and oxygen atoms in total. The predicted molar refractivity (Wildman–Crippen MR) is 133 cm³/mol. The second kappa shape index (κ2) is 11.0. The first-order valence-corrected chi connectivity index (χ1v) is 11.7. The van der Waals surface area contributed by atoms with Gasteiger partial charge in [-0.15, -0.1) is 0 Å². The molecule has 0 fully saturated rings. The second-order valence-electron chi connectivity index (χ2n) is 8.62. The summed E-state index contributed by atoms with van der Waals surface area (Å²) >= 11 is 1.28. The maximum Gasteiger partial charge on any atom is 0.340 e. The number of thioether (sulfide) groups is 1. The van der Waals surface area contributed by atoms with Gasteiger partial charge >= 0.3 is 5.97 Å². The zero-order valence-electron chi connectivity index (χ0n) is 19.6. The first kappa shape index (κ1) is 25.0. The number of imidazole rings is 1. The lowest BCUT2D eigenvalue weighted by molar-refractivity contribution is -0.119. The first-order valence-electron chi connectivity index (χ1n) is 10.7. The third kappa shape index (κ3) is 6.71. The van der Waals surface area contributed by atoms with E-state index in [1.807, 2.05) is 35.9 Å². The van der Waals surface area contributed by atoms with Crippen LogP contribution in [0.3, 0.4) is 0 Å². The zero-order chi connectivity index (χ0) is 24.7. The van der Waals surface area contributed by atoms with Gasteiger partial charge in [0.2, 0.25) is 5.91 Å². The average Bonchev–Trinajstić information content (AvgIpc) is 3.21. The van der Waals surface area contributed by atoms with Crippen molar-refractivity contribution >= 4 is 40.9 Å². The van der Waals surface area contributed by atoms with E-state index >= 15 is 0 Å². The molecule has 0 saturated carbocycles. The molecule has 0 spiro atoms. The minimum atomic E-state index is -0.702. The van der Waals surface area contributed by atoms with Crippen LogP contribution < -0.4 is 10.6 Å². The number of nitrogens with zero attached hydrogens (tertiary/aromatic N) is 2. The molecule has 3 rings (SSSR count). The van der Waals surface area contributed by atoms with E-state index in [0.717, 1.165) is 5.56 Å². The normalized spacial score (nSPS) is 11.1. The van der Waals surface area contributed by atoms with Gasteiger partial charge in [-0.2, -0.15) is 0 Å². The Morgan fingerprint density at radius 2 is 1.62 bits per heavy atom. The van der Waals surface area contributed by atoms with Crippen LogP contribution in [0.15, 0.2) is 66.1 Å². The SMILES string of the molecule is Cn1ccnc1SCC(=O)Nc1ccccc1C(=O)OCC(=O)Nc1ccccc1C(C)(C)C. The number of rotatable bonds is 8. The van der Waals surface area contributed by atoms with E-state index in [1.165, 1.54) is 17.8 Å². The molecule has 0 bridgehead atoms. The number of hydrogen-bond acceptors (Lipinski definition) is 6. The van der Waals surface area contributed by atoms with Crippen LogP contribution in [0.25, 0.3) is 0 Å². The Morgan fingerprint density at radius 3 is 2.29 bits per heavy atom. The van der Waals surface area contributed by atoms with E-state index in [0.29, 0.717) is 16.5 Å². The van der Waals surface area contributed by atoms with Crippen molar-refractivity contribution in [2.75, 3.05) is 23.0 Å². The standard InChI is InChI=1S/C25H28N4O4S/c1-25(2,3)18-10-6-8-12-20(18)28-21(30)15-33-23(32)17-9-5-7-11-19(17)27-22(31)16-34-24-26-13-14-29(24)4/h5-14H,15-16H2,1-4H3,(H,27,31)(H,28,30). The van der Waals surface area contributed by atoms with Gasteiger partial charge < -0.3 is 19.9 Å². The van der Waals surface area contributed by atoms with Crippen LogP contribution in [0.1, 0.15) is 36.7 Å². The first-order chi connectivity index (χ1) is 16.1. The van der Waals surface area contributed by atoms with Crippen LogP contribution in [-0.4, -0.2) is 39.7 Å². The number of aromatic nitrogens is 2. The lowest BCUT2D eigenvalue weighted by atomic mass is 9.86. The number of nitrogens with one attached hydrogen (secondary N) is 2. The number of amides is 2. The van der Waals surface area contributed by atoms with E-state index in [9.17, 15) is 14.4 Å². The third-order valence-corrected chi connectivity index (χ3v) is 5.93. The van der Waals surface area contributed by atoms with E-state index < -0.39 is 18.5 Å². The maximum absolute atomic E-state index is 12.6. The van der Waals surface area contributed by atoms with Crippen molar-refractivity contribution in [2.45, 2.75) is 31.3 Å². The zero-order valence-corrected chi connectivity index (χ0v) is 20.4. The molecule has 34 heavy (non-hydrogen) atoms. The van der Waals surface area contributed by atoms with Crippen molar-refractivity contribution in [1.29, 1.82) is 0 Å². The highest BCUT2D eigenvalue weighted by Gasteiger charge is 2.20. The van der Waals surface area contributed by atoms with Crippen molar-refractivity contribution in [3.63, 3.8) is 0 Å². The average molecular weight is 481 g/mol. The highest BCUT2D eigenvalue weighted by atomic mass is 32.2. The minimum absolute atomic E-state index is 0.129. The highest BCUT2D eigenvalue weighted by molar-refractivity contribution is 7.99. The van der Waals surface area contributed by atoms with Gasteiger partial charge in [-0.3, -0.25) is 9.59 Å². The van der Waals surface area contributed by atoms with Gasteiger partial charge in [-0.05, 0) is 29.2 Å². The number of aryl methyl sites for hydroxylation is 1. The molecule has 2 aromatic carbocycles. The Balaban J connectivity index is 1.58. The Labute approximate surface area is 203 Å². The van der Waals surface area contributed by atoms with Crippen LogP contribution >= 0.6 is 11.8 Å². The molecular weight excluding hydrogens is 452 g/mol. The Morgan fingerprint density at radius 1 is 0.971 bits per heavy atom. The predicted octanol–water partition coefficient (Wildman–Crippen LogP) is 4.24. The molecule has 0 aliphatic heterocycles. The Hall–Kier alpha value is -3.59. The molecule has 0 atom stereocenters. The molecule has 178 valence electrons. The minimum Gasteiger partial charge on any atom is -0.452 e. The van der Waals surface area contributed by atoms with Crippen molar-refractivity contribution in [3.8, 4) is 0 Å². The molecule has 2 N–H and O–H groups in total. The fraction of sp³-hybridized carbons (Fsp3) is 0.280. The molecule has 0 unspecified atom stereocenters. The summed E-state index contributed by atoms with van der Waals surface area (Å²) in [7, 11) is 1.84. The molecule has 3 aromatic rings. The van der Waals surface area contributed by atoms with Crippen molar-refractivity contribution in [3.05, 3.63) is 72.1 Å². The van der Waals surface area contributed by atoms with Crippen molar-refractivity contribution in [1.82, 2.24) is 9.55 Å². The fourth-order valence-electron chi connectivity index (χ4n) is 3.22. The third-order valence-electron chi connectivity index (χ3n) is 4.87. The molecule has 0 aliphatic rings. The molecule has 0 radical (unpaired) electrons. The van der Waals surface area contributed by atoms with Crippen LogP contribution in [0, 0.1) is 0 Å². The summed E-state index contributed by atoms with van der Waals surface area (Å²) in [5.74, 6) is -1.31. The molecule has 9 heteroatoms. The lowest BCUT2D eigenvalue weighted by Crippen LogP contribution is -2.24. The van der Waals surface area contributed by atoms with Gasteiger partial charge in [0.1, 0.15) is 0 Å². The van der Waals surface area contributed by atoms with Crippen LogP contribution in [-0.2, 0) is 26.8 Å². The summed E-state index contributed by atoms with van der Waals surface area (Å²) in [6.45, 7) is 5.71. The smallest absolute Gasteiger partial charge is 0.340 e. The summed E-state index contributed by atoms with van der Waals surface area (Å²) in [5.41, 5.74) is 1.98. The summed E-state index contributed by atoms with van der Waals surface area (Å²) in [5, 5.41) is 6.25. The maximum atomic E-state index is 12.6. The lowest BCUT2D eigenvalue weighted by Gasteiger charge is -2.23. The number of carbonyl (C=O) groups is 3. The number of anilines is 2. The van der Waals surface area contributed by atoms with E-state index in [1.54, 1.807) is 30.6 Å². The number of benzene rings is 2. The van der Waals surface area contributed by atoms with E-state index in [-0.39, 0.29) is 22.6 Å². The highest BCUT2D eigenvalue weighted by Crippen LogP contribution is 2.29. The monoisotopic (exact) mass is 480 g/mol. The van der Waals surface area contributed by atoms with Gasteiger partial charge in [0.25, 0.3) is 5.91 Å². The molecule has 0 saturated heterocycles. The molecular formula is C25H28N4O4S. The van der Waals surface area contributed by atoms with Gasteiger partial charge in [0.15, 0.2) is 11.8 Å². The summed E-state index contributed by atoms with van der Waals surface area (Å²) in [4.78, 5) is 41.6. The second-order valence-corrected chi connectivity index (χ2v) is 9.57. The molecule has 2 amide bonds. The van der Waals surface area contributed by atoms with Gasteiger partial charge in [0.05, 0.1) is 17.0 Å². The van der Waals surface area contributed by atoms with E-state index in [4.69, 9.17) is 4.74 Å². The van der Waals surface area contributed by atoms with E-state index in [2.05, 4.69) is 36.4 Å². The Bertz CT molecular complexity index is 1180. The van der Waals surface area contributed by atoms with Crippen LogP contribution in [0.5, 0.6) is 0 Å². The van der Waals surface area contributed by atoms with Gasteiger partial charge in [0, 0.05) is 25.1 Å². The summed E-state index contributed by atoms with van der Waals surface area (Å²) in [6, 6.07) is 14.0. The van der Waals surface area contributed by atoms with Gasteiger partial charge in [-0.25, -0.2) is 9.78 Å². The fourth-order valence-corrected chi connectivity index (χ4v) is 3.95. The molecule has 1 heterocycles. The number of ether oxygens (including phenoxy) is 1. The van der Waals surface area contributed by atoms with Crippen LogP contribution in [0.2, 0.25) is 0 Å². The number of carbonyl (C=O) groups excluding carboxylic acids is 3. The van der Waals surface area contributed by atoms with Crippen LogP contribution in [0.4, 0.5) is 11.4 Å². The van der Waals surface area contributed by atoms with Crippen molar-refractivity contribution < 1.29 is 19.1 Å². The quantitative estimate of drug-likeness (QED) is 0.369. The summed E-state index contributed by atoms with van der Waals surface area (Å²) < 4.78 is 7.04. The Kier molecular flexibility index (Phi) is 8.12. The number of esters is 1. The topological polar surface area (TPSA) is 102 Å². The number of hydrogen-bond donors (Lipinski definition) is 2. The molecule has 0 aliphatic carbocycles. The molecule has 1 aromatic heterocycles. The number of para-hydroxylation sites is 2. The largest absolute Gasteiger partial charge is 0.452 e. The van der Waals surface area contributed by atoms with Gasteiger partial charge in [-0.1, -0.05) is 62.9 Å².